The number of ether oxygens (including phenoxy) is 1. The third-order valence-electron chi connectivity index (χ3n) is 2.77. The molecule has 0 unspecified atom stereocenters. The molecule has 0 aliphatic heterocycles. The van der Waals surface area contributed by atoms with Gasteiger partial charge in [-0.25, -0.2) is 0 Å². The maximum absolute atomic E-state index is 12.0. The monoisotopic (exact) mass is 315 g/mol. The summed E-state index contributed by atoms with van der Waals surface area (Å²) >= 11 is 5.87. The van der Waals surface area contributed by atoms with Crippen molar-refractivity contribution in [2.75, 3.05) is 6.61 Å². The number of carboxylic acids is 1. The van der Waals surface area contributed by atoms with Crippen molar-refractivity contribution in [3.05, 3.63) is 70.8 Å². The summed E-state index contributed by atoms with van der Waals surface area (Å²) in [6.07, 6.45) is 3.12. The first-order valence-corrected chi connectivity index (χ1v) is 6.83. The molecule has 0 spiro atoms. The lowest BCUT2D eigenvalue weighted by Crippen LogP contribution is -2.28. The quantitative estimate of drug-likeness (QED) is 0.606. The second kappa shape index (κ2) is 7.43. The second-order valence-electron chi connectivity index (χ2n) is 4.44. The molecule has 2 aromatic rings. The van der Waals surface area contributed by atoms with Gasteiger partial charge in [0.15, 0.2) is 5.78 Å². The fourth-order valence-electron chi connectivity index (χ4n) is 1.74. The van der Waals surface area contributed by atoms with E-state index in [0.717, 1.165) is 5.56 Å². The summed E-state index contributed by atoms with van der Waals surface area (Å²) in [7, 11) is 0. The Bertz CT molecular complexity index is 705. The molecule has 0 saturated carbocycles. The molecule has 0 heterocycles. The molecule has 0 atom stereocenters. The zero-order chi connectivity index (χ0) is 15.9. The number of ketones is 1. The summed E-state index contributed by atoms with van der Waals surface area (Å²) in [6.45, 7) is -0.526. The molecular formula is C17H12ClO4-. The van der Waals surface area contributed by atoms with Crippen molar-refractivity contribution in [2.45, 2.75) is 0 Å². The molecule has 2 aromatic carbocycles. The number of allylic oxidation sites excluding steroid dienone is 1. The fraction of sp³-hybridized carbons (Fsp3) is 0.0588. The lowest BCUT2D eigenvalue weighted by molar-refractivity contribution is -0.307. The third-order valence-corrected chi connectivity index (χ3v) is 3.01. The standard InChI is InChI=1S/C17H13ClO4/c18-14-3-1-2-12(10-14)4-9-16(19)13-5-7-15(8-6-13)22-11-17(20)21/h1-10H,11H2,(H,20,21)/p-1/b9-4+. The predicted molar refractivity (Wildman–Crippen MR) is 81.8 cm³/mol. The highest BCUT2D eigenvalue weighted by molar-refractivity contribution is 6.30. The highest BCUT2D eigenvalue weighted by Crippen LogP contribution is 2.15. The summed E-state index contributed by atoms with van der Waals surface area (Å²) in [5.41, 5.74) is 1.30. The van der Waals surface area contributed by atoms with E-state index in [1.165, 1.54) is 18.2 Å². The van der Waals surface area contributed by atoms with Crippen LogP contribution in [-0.4, -0.2) is 18.4 Å². The molecule has 0 bridgehead atoms. The maximum Gasteiger partial charge on any atom is 0.185 e. The lowest BCUT2D eigenvalue weighted by atomic mass is 10.1. The lowest BCUT2D eigenvalue weighted by Gasteiger charge is -2.06. The van der Waals surface area contributed by atoms with Crippen LogP contribution < -0.4 is 9.84 Å². The smallest absolute Gasteiger partial charge is 0.185 e. The average molecular weight is 316 g/mol. The third kappa shape index (κ3) is 4.75. The van der Waals surface area contributed by atoms with Crippen LogP contribution in [0.4, 0.5) is 0 Å². The average Bonchev–Trinajstić information content (AvgIpc) is 2.51. The molecule has 5 heteroatoms. The second-order valence-corrected chi connectivity index (χ2v) is 4.87. The number of benzene rings is 2. The normalized spacial score (nSPS) is 10.6. The van der Waals surface area contributed by atoms with E-state index in [1.807, 2.05) is 6.07 Å². The van der Waals surface area contributed by atoms with Gasteiger partial charge in [0.1, 0.15) is 12.4 Å². The van der Waals surface area contributed by atoms with Crippen LogP contribution in [0.25, 0.3) is 6.08 Å². The molecular weight excluding hydrogens is 304 g/mol. The van der Waals surface area contributed by atoms with Gasteiger partial charge < -0.3 is 14.6 Å². The van der Waals surface area contributed by atoms with Gasteiger partial charge in [0.25, 0.3) is 0 Å². The van der Waals surface area contributed by atoms with Crippen molar-refractivity contribution in [3.8, 4) is 5.75 Å². The van der Waals surface area contributed by atoms with Crippen LogP contribution in [0.5, 0.6) is 5.75 Å². The molecule has 0 aromatic heterocycles. The van der Waals surface area contributed by atoms with Gasteiger partial charge in [0, 0.05) is 10.6 Å². The first-order chi connectivity index (χ1) is 10.5. The van der Waals surface area contributed by atoms with Crippen LogP contribution in [0.1, 0.15) is 15.9 Å². The first-order valence-electron chi connectivity index (χ1n) is 6.45. The van der Waals surface area contributed by atoms with E-state index in [-0.39, 0.29) is 5.78 Å². The highest BCUT2D eigenvalue weighted by Gasteiger charge is 2.02. The van der Waals surface area contributed by atoms with Gasteiger partial charge in [-0.2, -0.15) is 0 Å². The maximum atomic E-state index is 12.0. The van der Waals surface area contributed by atoms with E-state index >= 15 is 0 Å². The summed E-state index contributed by atoms with van der Waals surface area (Å²) in [4.78, 5) is 22.3. The summed E-state index contributed by atoms with van der Waals surface area (Å²) < 4.78 is 4.94. The molecule has 4 nitrogen and oxygen atoms in total. The van der Waals surface area contributed by atoms with E-state index < -0.39 is 12.6 Å². The molecule has 22 heavy (non-hydrogen) atoms. The number of hydrogen-bond donors (Lipinski definition) is 0. The van der Waals surface area contributed by atoms with Gasteiger partial charge in [-0.05, 0) is 48.0 Å². The molecule has 0 saturated heterocycles. The van der Waals surface area contributed by atoms with Crippen LogP contribution in [0.3, 0.4) is 0 Å². The first kappa shape index (κ1) is 15.8. The van der Waals surface area contributed by atoms with E-state index in [2.05, 4.69) is 0 Å². The number of carbonyl (C=O) groups is 2. The van der Waals surface area contributed by atoms with Crippen LogP contribution in [0.15, 0.2) is 54.6 Å². The summed E-state index contributed by atoms with van der Waals surface area (Å²) in [5, 5.41) is 10.9. The Hall–Kier alpha value is -2.59. The van der Waals surface area contributed by atoms with E-state index in [0.29, 0.717) is 16.3 Å². The number of aliphatic carboxylic acids is 1. The zero-order valence-corrected chi connectivity index (χ0v) is 12.2. The fourth-order valence-corrected chi connectivity index (χ4v) is 1.93. The SMILES string of the molecule is O=C([O-])COc1ccc(C(=O)/C=C/c2cccc(Cl)c2)cc1. The van der Waals surface area contributed by atoms with Gasteiger partial charge >= 0.3 is 0 Å². The summed E-state index contributed by atoms with van der Waals surface area (Å²) in [5.74, 6) is -1.12. The number of hydrogen-bond acceptors (Lipinski definition) is 4. The zero-order valence-electron chi connectivity index (χ0n) is 11.5. The van der Waals surface area contributed by atoms with Crippen molar-refractivity contribution in [2.24, 2.45) is 0 Å². The van der Waals surface area contributed by atoms with Gasteiger partial charge in [0.05, 0.1) is 5.97 Å². The molecule has 0 aliphatic carbocycles. The minimum atomic E-state index is -1.30. The Morgan fingerprint density at radius 2 is 1.86 bits per heavy atom. The molecule has 2 rings (SSSR count). The largest absolute Gasteiger partial charge is 0.546 e. The molecule has 0 N–H and O–H groups in total. The highest BCUT2D eigenvalue weighted by atomic mass is 35.5. The van der Waals surface area contributed by atoms with Crippen LogP contribution in [0.2, 0.25) is 5.02 Å². The van der Waals surface area contributed by atoms with Gasteiger partial charge in [-0.3, -0.25) is 4.79 Å². The van der Waals surface area contributed by atoms with Crippen LogP contribution in [0, 0.1) is 0 Å². The summed E-state index contributed by atoms with van der Waals surface area (Å²) in [6, 6.07) is 13.3. The Kier molecular flexibility index (Phi) is 5.33. The van der Waals surface area contributed by atoms with Crippen LogP contribution in [-0.2, 0) is 4.79 Å². The molecule has 0 amide bonds. The topological polar surface area (TPSA) is 66.4 Å². The molecule has 0 fully saturated rings. The number of carboxylic acid groups (broad SMARTS) is 1. The van der Waals surface area contributed by atoms with E-state index in [4.69, 9.17) is 16.3 Å². The van der Waals surface area contributed by atoms with Crippen molar-refractivity contribution >= 4 is 29.4 Å². The minimum absolute atomic E-state index is 0.175. The van der Waals surface area contributed by atoms with E-state index in [9.17, 15) is 14.7 Å². The Labute approximate surface area is 132 Å². The van der Waals surface area contributed by atoms with Crippen molar-refractivity contribution in [1.29, 1.82) is 0 Å². The van der Waals surface area contributed by atoms with E-state index in [1.54, 1.807) is 36.4 Å². The van der Waals surface area contributed by atoms with Crippen molar-refractivity contribution in [1.82, 2.24) is 0 Å². The Morgan fingerprint density at radius 1 is 1.14 bits per heavy atom. The van der Waals surface area contributed by atoms with Crippen molar-refractivity contribution in [3.63, 3.8) is 0 Å². The number of rotatable bonds is 6. The Morgan fingerprint density at radius 3 is 2.50 bits per heavy atom. The number of halogens is 1. The minimum Gasteiger partial charge on any atom is -0.546 e. The number of carbonyl (C=O) groups excluding carboxylic acids is 2. The molecule has 0 aliphatic rings. The predicted octanol–water partition coefficient (Wildman–Crippen LogP) is 2.36. The molecule has 112 valence electrons. The van der Waals surface area contributed by atoms with Gasteiger partial charge in [0.2, 0.25) is 0 Å². The van der Waals surface area contributed by atoms with Gasteiger partial charge in [-0.1, -0.05) is 29.8 Å². The van der Waals surface area contributed by atoms with Crippen LogP contribution >= 0.6 is 11.6 Å². The Balaban J connectivity index is 2.02. The molecule has 0 radical (unpaired) electrons. The van der Waals surface area contributed by atoms with Crippen molar-refractivity contribution < 1.29 is 19.4 Å². The van der Waals surface area contributed by atoms with Gasteiger partial charge in [-0.15, -0.1) is 0 Å².